The van der Waals surface area contributed by atoms with E-state index in [2.05, 4.69) is 18.5 Å². The highest BCUT2D eigenvalue weighted by atomic mass is 35.5. The van der Waals surface area contributed by atoms with Crippen LogP contribution in [0.4, 0.5) is 10.1 Å². The molecule has 1 aromatic rings. The van der Waals surface area contributed by atoms with E-state index in [0.29, 0.717) is 25.1 Å². The molecule has 2 rings (SSSR count). The lowest BCUT2D eigenvalue weighted by Gasteiger charge is -2.38. The van der Waals surface area contributed by atoms with E-state index < -0.39 is 17.5 Å². The summed E-state index contributed by atoms with van der Waals surface area (Å²) in [6, 6.07) is 3.32. The highest BCUT2D eigenvalue weighted by Crippen LogP contribution is 2.31. The molecule has 0 spiro atoms. The molecular formula is C25H34ClFN2O3. The van der Waals surface area contributed by atoms with Crippen molar-refractivity contribution in [2.24, 2.45) is 5.92 Å². The molecule has 1 aliphatic rings. The minimum absolute atomic E-state index is 0.114. The lowest BCUT2D eigenvalue weighted by Crippen LogP contribution is -2.50. The second-order valence-corrected chi connectivity index (χ2v) is 9.65. The van der Waals surface area contributed by atoms with Gasteiger partial charge in [0.25, 0.3) is 0 Å². The first-order valence-corrected chi connectivity index (χ1v) is 11.4. The Morgan fingerprint density at radius 3 is 2.59 bits per heavy atom. The Hall–Kier alpha value is -2.34. The average molecular weight is 465 g/mol. The van der Waals surface area contributed by atoms with E-state index in [4.69, 9.17) is 16.3 Å². The maximum atomic E-state index is 13.8. The Balaban J connectivity index is 2.19. The summed E-state index contributed by atoms with van der Waals surface area (Å²) in [5, 5.41) is 3.33. The van der Waals surface area contributed by atoms with Gasteiger partial charge in [0.15, 0.2) is 0 Å². The van der Waals surface area contributed by atoms with E-state index in [9.17, 15) is 14.0 Å². The lowest BCUT2D eigenvalue weighted by molar-refractivity contribution is -0.162. The number of anilines is 1. The van der Waals surface area contributed by atoms with Crippen LogP contribution in [0.25, 0.3) is 0 Å². The lowest BCUT2D eigenvalue weighted by atomic mass is 9.84. The van der Waals surface area contributed by atoms with Gasteiger partial charge in [-0.25, -0.2) is 4.39 Å². The van der Waals surface area contributed by atoms with Crippen molar-refractivity contribution in [1.82, 2.24) is 4.90 Å². The van der Waals surface area contributed by atoms with Crippen LogP contribution in [0.5, 0.6) is 0 Å². The van der Waals surface area contributed by atoms with Crippen LogP contribution in [-0.2, 0) is 14.3 Å². The van der Waals surface area contributed by atoms with Crippen molar-refractivity contribution in [3.63, 3.8) is 0 Å². The molecule has 0 saturated heterocycles. The molecule has 1 aliphatic carbocycles. The fraction of sp³-hybridized carbons (Fsp3) is 0.520. The Bertz CT molecular complexity index is 817. The van der Waals surface area contributed by atoms with Crippen LogP contribution in [0.15, 0.2) is 43.5 Å². The predicted molar refractivity (Wildman–Crippen MR) is 127 cm³/mol. The Labute approximate surface area is 195 Å². The van der Waals surface area contributed by atoms with Gasteiger partial charge in [-0.15, -0.1) is 13.2 Å². The van der Waals surface area contributed by atoms with Crippen molar-refractivity contribution >= 4 is 29.2 Å². The first-order chi connectivity index (χ1) is 15.0. The molecule has 1 N–H and O–H groups in total. The van der Waals surface area contributed by atoms with Crippen molar-refractivity contribution in [2.45, 2.75) is 70.6 Å². The van der Waals surface area contributed by atoms with Crippen LogP contribution >= 0.6 is 11.6 Å². The van der Waals surface area contributed by atoms with E-state index >= 15 is 0 Å². The number of rotatable bonds is 9. The number of nitrogens with one attached hydrogen (secondary N) is 1. The minimum atomic E-state index is -0.646. The number of carbonyl (C=O) groups excluding carboxylic acids is 2. The number of nitrogens with zero attached hydrogens (tertiary/aromatic N) is 1. The number of halogens is 2. The standard InChI is InChI=1S/C25H34ClFN2O3/c1-6-9-22(28-20-15-18(26)14-19(27)16-20)23(30)29(12-7-2)21-11-8-10-17(13-21)24(31)32-25(3,4)5/h6-7,14-17,21-22,28H,1-2,8-13H2,3-5H3/t17?,21-,22?/m1/s1. The van der Waals surface area contributed by atoms with Gasteiger partial charge in [0.1, 0.15) is 17.5 Å². The molecule has 2 unspecified atom stereocenters. The molecule has 0 radical (unpaired) electrons. The Morgan fingerprint density at radius 1 is 1.28 bits per heavy atom. The summed E-state index contributed by atoms with van der Waals surface area (Å²) in [7, 11) is 0. The summed E-state index contributed by atoms with van der Waals surface area (Å²) < 4.78 is 19.4. The number of esters is 1. The summed E-state index contributed by atoms with van der Waals surface area (Å²) in [5.74, 6) is -1.11. The largest absolute Gasteiger partial charge is 0.460 e. The monoisotopic (exact) mass is 464 g/mol. The zero-order valence-corrected chi connectivity index (χ0v) is 20.0. The number of benzene rings is 1. The molecule has 1 saturated carbocycles. The van der Waals surface area contributed by atoms with E-state index in [1.54, 1.807) is 23.1 Å². The topological polar surface area (TPSA) is 58.6 Å². The number of amides is 1. The smallest absolute Gasteiger partial charge is 0.309 e. The van der Waals surface area contributed by atoms with Gasteiger partial charge in [-0.1, -0.05) is 30.2 Å². The van der Waals surface area contributed by atoms with Gasteiger partial charge >= 0.3 is 5.97 Å². The third-order valence-electron chi connectivity index (χ3n) is 5.34. The van der Waals surface area contributed by atoms with E-state index in [1.165, 1.54) is 12.1 Å². The molecule has 32 heavy (non-hydrogen) atoms. The van der Waals surface area contributed by atoms with Gasteiger partial charge < -0.3 is 15.0 Å². The van der Waals surface area contributed by atoms with Gasteiger partial charge in [-0.05, 0) is 64.7 Å². The number of ether oxygens (including phenoxy) is 1. The van der Waals surface area contributed by atoms with Gasteiger partial charge in [0, 0.05) is 23.3 Å². The van der Waals surface area contributed by atoms with Crippen molar-refractivity contribution in [1.29, 1.82) is 0 Å². The number of carbonyl (C=O) groups is 2. The van der Waals surface area contributed by atoms with Crippen LogP contribution < -0.4 is 5.32 Å². The van der Waals surface area contributed by atoms with E-state index in [-0.39, 0.29) is 28.9 Å². The molecule has 7 heteroatoms. The van der Waals surface area contributed by atoms with Gasteiger partial charge in [0.05, 0.1) is 5.92 Å². The molecular weight excluding hydrogens is 431 g/mol. The van der Waals surface area contributed by atoms with Crippen LogP contribution in [0.3, 0.4) is 0 Å². The molecule has 0 aromatic heterocycles. The van der Waals surface area contributed by atoms with Gasteiger partial charge in [-0.3, -0.25) is 9.59 Å². The minimum Gasteiger partial charge on any atom is -0.460 e. The maximum Gasteiger partial charge on any atom is 0.309 e. The Kier molecular flexibility index (Phi) is 9.32. The first kappa shape index (κ1) is 25.9. The van der Waals surface area contributed by atoms with Crippen molar-refractivity contribution in [2.75, 3.05) is 11.9 Å². The molecule has 0 bridgehead atoms. The number of hydrogen-bond donors (Lipinski definition) is 1. The van der Waals surface area contributed by atoms with Gasteiger partial charge in [0.2, 0.25) is 5.91 Å². The summed E-state index contributed by atoms with van der Waals surface area (Å²) in [6.45, 7) is 13.5. The molecule has 1 amide bonds. The average Bonchev–Trinajstić information content (AvgIpc) is 2.69. The molecule has 0 heterocycles. The van der Waals surface area contributed by atoms with Crippen LogP contribution in [0.2, 0.25) is 5.02 Å². The summed E-state index contributed by atoms with van der Waals surface area (Å²) in [5.41, 5.74) is -0.129. The molecule has 3 atom stereocenters. The second kappa shape index (κ2) is 11.5. The number of hydrogen-bond acceptors (Lipinski definition) is 4. The maximum absolute atomic E-state index is 13.8. The molecule has 176 valence electrons. The highest BCUT2D eigenvalue weighted by Gasteiger charge is 2.36. The molecule has 1 fully saturated rings. The van der Waals surface area contributed by atoms with E-state index in [0.717, 1.165) is 19.3 Å². The van der Waals surface area contributed by atoms with Crippen molar-refractivity contribution in [3.8, 4) is 0 Å². The zero-order chi connectivity index (χ0) is 23.9. The molecule has 5 nitrogen and oxygen atoms in total. The normalized spacial score (nSPS) is 19.5. The summed E-state index contributed by atoms with van der Waals surface area (Å²) in [6.07, 6.45) is 6.59. The van der Waals surface area contributed by atoms with Crippen molar-refractivity contribution < 1.29 is 18.7 Å². The van der Waals surface area contributed by atoms with Gasteiger partial charge in [-0.2, -0.15) is 0 Å². The third kappa shape index (κ3) is 7.66. The van der Waals surface area contributed by atoms with E-state index in [1.807, 2.05) is 20.8 Å². The van der Waals surface area contributed by atoms with Crippen LogP contribution in [0.1, 0.15) is 52.9 Å². The second-order valence-electron chi connectivity index (χ2n) is 9.21. The van der Waals surface area contributed by atoms with Crippen molar-refractivity contribution in [3.05, 3.63) is 54.3 Å². The van der Waals surface area contributed by atoms with Crippen LogP contribution in [0, 0.1) is 11.7 Å². The fourth-order valence-electron chi connectivity index (χ4n) is 4.03. The SMILES string of the molecule is C=CCC(Nc1cc(F)cc(Cl)c1)C(=O)N(CC=C)[C@@H]1CCCC(C(=O)OC(C)(C)C)C1. The predicted octanol–water partition coefficient (Wildman–Crippen LogP) is 5.75. The summed E-state index contributed by atoms with van der Waals surface area (Å²) >= 11 is 5.96. The third-order valence-corrected chi connectivity index (χ3v) is 5.56. The summed E-state index contributed by atoms with van der Waals surface area (Å²) in [4.78, 5) is 27.9. The molecule has 1 aromatic carbocycles. The Morgan fingerprint density at radius 2 is 2.00 bits per heavy atom. The fourth-order valence-corrected chi connectivity index (χ4v) is 4.25. The zero-order valence-electron chi connectivity index (χ0n) is 19.2. The highest BCUT2D eigenvalue weighted by molar-refractivity contribution is 6.30. The first-order valence-electron chi connectivity index (χ1n) is 11.0. The molecule has 0 aliphatic heterocycles. The van der Waals surface area contributed by atoms with Crippen LogP contribution in [-0.4, -0.2) is 41.0 Å². The quantitative estimate of drug-likeness (QED) is 0.373.